The van der Waals surface area contributed by atoms with E-state index in [9.17, 15) is 19.2 Å². The van der Waals surface area contributed by atoms with Gasteiger partial charge in [0.2, 0.25) is 17.6 Å². The molecule has 0 unspecified atom stereocenters. The van der Waals surface area contributed by atoms with Crippen molar-refractivity contribution in [2.75, 3.05) is 6.54 Å². The number of carbonyl (C=O) groups is 4. The Hall–Kier alpha value is -4.67. The molecular weight excluding hydrogens is 444 g/mol. The summed E-state index contributed by atoms with van der Waals surface area (Å²) in [6.45, 7) is -0.511. The Labute approximate surface area is 193 Å². The molecule has 11 heteroatoms. The average Bonchev–Trinajstić information content (AvgIpc) is 3.29. The fourth-order valence-electron chi connectivity index (χ4n) is 2.96. The maximum atomic E-state index is 12.4. The van der Waals surface area contributed by atoms with E-state index in [-0.39, 0.29) is 31.0 Å². The molecule has 11 nitrogen and oxygen atoms in total. The van der Waals surface area contributed by atoms with E-state index >= 15 is 0 Å². The zero-order valence-electron chi connectivity index (χ0n) is 17.9. The first-order valence-electron chi connectivity index (χ1n) is 10.2. The number of nitrogens with two attached hydrogens (primary N) is 1. The van der Waals surface area contributed by atoms with Crippen LogP contribution in [0.2, 0.25) is 0 Å². The molecule has 34 heavy (non-hydrogen) atoms. The van der Waals surface area contributed by atoms with Gasteiger partial charge in [-0.3, -0.25) is 19.8 Å². The van der Waals surface area contributed by atoms with Crippen LogP contribution in [-0.4, -0.2) is 41.2 Å². The molecule has 3 rings (SSSR count). The molecule has 1 aromatic heterocycles. The van der Waals surface area contributed by atoms with Gasteiger partial charge in [-0.15, -0.1) is 0 Å². The van der Waals surface area contributed by atoms with Crippen LogP contribution < -0.4 is 21.1 Å². The summed E-state index contributed by atoms with van der Waals surface area (Å²) in [6.07, 6.45) is -0.284. The van der Waals surface area contributed by atoms with E-state index in [2.05, 4.69) is 10.6 Å². The molecule has 0 aliphatic carbocycles. The lowest BCUT2D eigenvalue weighted by Crippen LogP contribution is -2.31. The van der Waals surface area contributed by atoms with Crippen molar-refractivity contribution in [2.45, 2.75) is 19.4 Å². The highest BCUT2D eigenvalue weighted by atomic mass is 16.5. The number of hydrogen-bond donors (Lipinski definition) is 5. The van der Waals surface area contributed by atoms with E-state index in [0.717, 1.165) is 10.8 Å². The molecule has 1 heterocycles. The number of amides is 2. The topological polar surface area (TPSA) is 185 Å². The Bertz CT molecular complexity index is 1270. The minimum absolute atomic E-state index is 0.00266. The van der Waals surface area contributed by atoms with Crippen molar-refractivity contribution in [3.8, 4) is 5.75 Å². The Kier molecular flexibility index (Phi) is 7.60. The summed E-state index contributed by atoms with van der Waals surface area (Å²) in [7, 11) is 0. The number of carbonyl (C=O) groups excluding carboxylic acids is 3. The lowest BCUT2D eigenvalue weighted by molar-refractivity contribution is -0.138. The van der Waals surface area contributed by atoms with Gasteiger partial charge in [0.05, 0.1) is 6.54 Å². The number of hydrogen-bond acceptors (Lipinski definition) is 7. The van der Waals surface area contributed by atoms with Gasteiger partial charge in [-0.2, -0.15) is 0 Å². The third-order valence-corrected chi connectivity index (χ3v) is 4.67. The molecule has 0 aliphatic rings. The maximum Gasteiger partial charge on any atom is 0.379 e. The van der Waals surface area contributed by atoms with E-state index < -0.39 is 30.3 Å². The summed E-state index contributed by atoms with van der Waals surface area (Å²) in [5, 5.41) is 22.3. The first-order valence-corrected chi connectivity index (χ1v) is 10.2. The van der Waals surface area contributed by atoms with Crippen LogP contribution in [-0.2, 0) is 20.9 Å². The van der Waals surface area contributed by atoms with Crippen molar-refractivity contribution in [1.29, 1.82) is 5.41 Å². The molecule has 0 saturated heterocycles. The predicted octanol–water partition coefficient (Wildman–Crippen LogP) is 1.53. The van der Waals surface area contributed by atoms with E-state index in [1.165, 1.54) is 12.1 Å². The Balaban J connectivity index is 1.50. The van der Waals surface area contributed by atoms with E-state index in [0.29, 0.717) is 17.1 Å². The zero-order chi connectivity index (χ0) is 24.7. The van der Waals surface area contributed by atoms with Crippen LogP contribution in [0.1, 0.15) is 34.7 Å². The van der Waals surface area contributed by atoms with E-state index in [1.54, 1.807) is 36.4 Å². The maximum absolute atomic E-state index is 12.4. The Morgan fingerprint density at radius 2 is 1.62 bits per heavy atom. The van der Waals surface area contributed by atoms with Gasteiger partial charge in [-0.1, -0.05) is 18.2 Å². The zero-order valence-corrected chi connectivity index (χ0v) is 17.9. The number of fused-ring (bicyclic) bond motifs is 1. The largest absolute Gasteiger partial charge is 0.480 e. The molecule has 0 aliphatic heterocycles. The minimum Gasteiger partial charge on any atom is -0.480 e. The SMILES string of the molecule is N=C(N)c1ccc2cc(OC(=O)c3ccc(CNC(=O)CCC(=O)NCC(=O)O)o3)ccc2c1. The third kappa shape index (κ3) is 6.66. The standard InChI is InChI=1S/C23H22N4O7/c24-22(25)15-2-1-14-10-16(4-3-13(14)9-15)34-23(32)18-6-5-17(33-18)11-26-19(28)7-8-20(29)27-12-21(30)31/h1-6,9-10H,7-8,11-12H2,(H3,24,25)(H,26,28)(H,27,29)(H,30,31). The molecule has 0 spiro atoms. The van der Waals surface area contributed by atoms with Crippen LogP contribution in [0.15, 0.2) is 52.9 Å². The highest BCUT2D eigenvalue weighted by Gasteiger charge is 2.15. The van der Waals surface area contributed by atoms with Crippen molar-refractivity contribution in [3.05, 3.63) is 65.6 Å². The molecule has 0 saturated carbocycles. The van der Waals surface area contributed by atoms with Crippen LogP contribution in [0.5, 0.6) is 5.75 Å². The number of nitrogen functional groups attached to an aromatic ring is 1. The number of amidine groups is 1. The molecule has 3 aromatic rings. The van der Waals surface area contributed by atoms with Gasteiger partial charge in [-0.05, 0) is 41.1 Å². The predicted molar refractivity (Wildman–Crippen MR) is 120 cm³/mol. The Morgan fingerprint density at radius 1 is 0.941 bits per heavy atom. The quantitative estimate of drug-likeness (QED) is 0.129. The van der Waals surface area contributed by atoms with Gasteiger partial charge in [-0.25, -0.2) is 4.79 Å². The number of benzene rings is 2. The summed E-state index contributed by atoms with van der Waals surface area (Å²) in [5.41, 5.74) is 6.09. The number of ether oxygens (including phenoxy) is 1. The number of carboxylic acid groups (broad SMARTS) is 1. The van der Waals surface area contributed by atoms with Crippen LogP contribution >= 0.6 is 0 Å². The minimum atomic E-state index is -1.17. The monoisotopic (exact) mass is 466 g/mol. The summed E-state index contributed by atoms with van der Waals surface area (Å²) in [6, 6.07) is 13.2. The van der Waals surface area contributed by atoms with Gasteiger partial charge in [0.15, 0.2) is 0 Å². The molecule has 6 N–H and O–H groups in total. The van der Waals surface area contributed by atoms with Crippen molar-refractivity contribution in [1.82, 2.24) is 10.6 Å². The van der Waals surface area contributed by atoms with E-state index in [1.807, 2.05) is 0 Å². The molecular formula is C23H22N4O7. The highest BCUT2D eigenvalue weighted by molar-refractivity contribution is 5.99. The van der Waals surface area contributed by atoms with Gasteiger partial charge in [0.25, 0.3) is 0 Å². The molecule has 0 fully saturated rings. The van der Waals surface area contributed by atoms with Crippen molar-refractivity contribution < 1.29 is 33.4 Å². The fraction of sp³-hybridized carbons (Fsp3) is 0.174. The van der Waals surface area contributed by atoms with Gasteiger partial charge in [0.1, 0.15) is 23.9 Å². The highest BCUT2D eigenvalue weighted by Crippen LogP contribution is 2.23. The fourth-order valence-corrected chi connectivity index (χ4v) is 2.96. The Morgan fingerprint density at radius 3 is 2.32 bits per heavy atom. The lowest BCUT2D eigenvalue weighted by atomic mass is 10.1. The second-order valence-corrected chi connectivity index (χ2v) is 7.24. The van der Waals surface area contributed by atoms with Crippen molar-refractivity contribution in [3.63, 3.8) is 0 Å². The van der Waals surface area contributed by atoms with Crippen LogP contribution in [0.25, 0.3) is 10.8 Å². The second-order valence-electron chi connectivity index (χ2n) is 7.24. The molecule has 0 radical (unpaired) electrons. The number of furan rings is 1. The van der Waals surface area contributed by atoms with Crippen LogP contribution in [0.4, 0.5) is 0 Å². The van der Waals surface area contributed by atoms with Crippen molar-refractivity contribution >= 4 is 40.4 Å². The van der Waals surface area contributed by atoms with Gasteiger partial charge in [0, 0.05) is 18.4 Å². The van der Waals surface area contributed by atoms with Crippen LogP contribution in [0.3, 0.4) is 0 Å². The first-order chi connectivity index (χ1) is 16.2. The summed E-state index contributed by atoms with van der Waals surface area (Å²) >= 11 is 0. The second kappa shape index (κ2) is 10.8. The molecule has 0 atom stereocenters. The molecule has 0 bridgehead atoms. The van der Waals surface area contributed by atoms with Crippen LogP contribution in [0, 0.1) is 5.41 Å². The number of aliphatic carboxylic acids is 1. The summed E-state index contributed by atoms with van der Waals surface area (Å²) < 4.78 is 10.8. The third-order valence-electron chi connectivity index (χ3n) is 4.67. The summed E-state index contributed by atoms with van der Waals surface area (Å²) in [4.78, 5) is 46.1. The molecule has 2 aromatic carbocycles. The molecule has 2 amide bonds. The number of esters is 1. The average molecular weight is 466 g/mol. The number of carboxylic acids is 1. The first kappa shape index (κ1) is 24.0. The number of rotatable bonds is 10. The smallest absolute Gasteiger partial charge is 0.379 e. The number of nitrogens with one attached hydrogen (secondary N) is 3. The van der Waals surface area contributed by atoms with E-state index in [4.69, 9.17) is 25.4 Å². The van der Waals surface area contributed by atoms with Crippen molar-refractivity contribution in [2.24, 2.45) is 5.73 Å². The summed E-state index contributed by atoms with van der Waals surface area (Å²) in [5.74, 6) is -2.34. The van der Waals surface area contributed by atoms with Gasteiger partial charge >= 0.3 is 11.9 Å². The van der Waals surface area contributed by atoms with Gasteiger partial charge < -0.3 is 30.6 Å². The normalized spacial score (nSPS) is 10.5. The molecule has 176 valence electrons. The lowest BCUT2D eigenvalue weighted by Gasteiger charge is -2.06.